The van der Waals surface area contributed by atoms with Gasteiger partial charge in [-0.3, -0.25) is 9.59 Å². The Morgan fingerprint density at radius 2 is 2.05 bits per heavy atom. The van der Waals surface area contributed by atoms with E-state index in [1.807, 2.05) is 43.3 Å². The van der Waals surface area contributed by atoms with Crippen molar-refractivity contribution in [1.29, 1.82) is 0 Å². The van der Waals surface area contributed by atoms with Crippen molar-refractivity contribution in [2.24, 2.45) is 0 Å². The summed E-state index contributed by atoms with van der Waals surface area (Å²) in [4.78, 5) is 27.9. The minimum absolute atomic E-state index is 0.0303. The maximum absolute atomic E-state index is 12.2. The van der Waals surface area contributed by atoms with Gasteiger partial charge in [-0.25, -0.2) is 0 Å². The van der Waals surface area contributed by atoms with E-state index >= 15 is 0 Å². The number of nitrogens with one attached hydrogen (secondary N) is 1. The molecule has 0 saturated carbocycles. The smallest absolute Gasteiger partial charge is 0.240 e. The Morgan fingerprint density at radius 1 is 1.29 bits per heavy atom. The van der Waals surface area contributed by atoms with Crippen LogP contribution in [0.1, 0.15) is 18.4 Å². The molecule has 0 atom stereocenters. The van der Waals surface area contributed by atoms with E-state index < -0.39 is 0 Å². The third-order valence-electron chi connectivity index (χ3n) is 3.60. The fraction of sp³-hybridized carbons (Fsp3) is 0.500. The van der Waals surface area contributed by atoms with E-state index in [2.05, 4.69) is 5.32 Å². The number of para-hydroxylation sites is 1. The first-order valence-electron chi connectivity index (χ1n) is 7.37. The standard InChI is InChI=1S/C16H23N3O2/c1-18(2)11-10-17-15(20)12-19-14-8-4-3-6-13(14)7-5-9-16(19)21/h3-4,6,8H,5,7,9-12H2,1-2H3,(H,17,20). The predicted molar refractivity (Wildman–Crippen MR) is 83.3 cm³/mol. The van der Waals surface area contributed by atoms with Gasteiger partial charge in [0.1, 0.15) is 6.54 Å². The second kappa shape index (κ2) is 7.22. The van der Waals surface area contributed by atoms with Gasteiger partial charge in [0.05, 0.1) is 0 Å². The number of fused-ring (bicyclic) bond motifs is 1. The van der Waals surface area contributed by atoms with Crippen LogP contribution in [0.2, 0.25) is 0 Å². The summed E-state index contributed by atoms with van der Waals surface area (Å²) in [7, 11) is 3.92. The monoisotopic (exact) mass is 289 g/mol. The first kappa shape index (κ1) is 15.5. The van der Waals surface area contributed by atoms with Crippen LogP contribution < -0.4 is 10.2 Å². The average molecular weight is 289 g/mol. The average Bonchev–Trinajstić information content (AvgIpc) is 2.59. The van der Waals surface area contributed by atoms with Crippen LogP contribution in [0.4, 0.5) is 5.69 Å². The predicted octanol–water partition coefficient (Wildman–Crippen LogP) is 1.03. The van der Waals surface area contributed by atoms with Gasteiger partial charge >= 0.3 is 0 Å². The number of likely N-dealkylation sites (N-methyl/N-ethyl adjacent to an activating group) is 1. The van der Waals surface area contributed by atoms with Gasteiger partial charge in [-0.2, -0.15) is 0 Å². The second-order valence-corrected chi connectivity index (χ2v) is 5.62. The SMILES string of the molecule is CN(C)CCNC(=O)CN1C(=O)CCCc2ccccc21. The molecule has 1 N–H and O–H groups in total. The minimum atomic E-state index is -0.109. The summed E-state index contributed by atoms with van der Waals surface area (Å²) in [5.41, 5.74) is 2.02. The number of benzene rings is 1. The van der Waals surface area contributed by atoms with Crippen molar-refractivity contribution in [3.8, 4) is 0 Å². The van der Waals surface area contributed by atoms with Crippen molar-refractivity contribution in [3.05, 3.63) is 29.8 Å². The molecule has 2 amide bonds. The van der Waals surface area contributed by atoms with Crippen molar-refractivity contribution in [2.75, 3.05) is 38.6 Å². The Kier molecular flexibility index (Phi) is 5.33. The molecule has 21 heavy (non-hydrogen) atoms. The van der Waals surface area contributed by atoms with Gasteiger partial charge < -0.3 is 15.1 Å². The van der Waals surface area contributed by atoms with Crippen LogP contribution in [0.25, 0.3) is 0 Å². The molecule has 5 heteroatoms. The lowest BCUT2D eigenvalue weighted by Gasteiger charge is -2.22. The molecule has 0 aromatic heterocycles. The molecule has 1 aromatic carbocycles. The highest BCUT2D eigenvalue weighted by molar-refractivity contribution is 5.99. The van der Waals surface area contributed by atoms with Crippen LogP contribution in [0, 0.1) is 0 Å². The van der Waals surface area contributed by atoms with Gasteiger partial charge in [0.25, 0.3) is 0 Å². The van der Waals surface area contributed by atoms with Crippen LogP contribution >= 0.6 is 0 Å². The number of aryl methyl sites for hydroxylation is 1. The van der Waals surface area contributed by atoms with Crippen LogP contribution in [0.3, 0.4) is 0 Å². The van der Waals surface area contributed by atoms with E-state index in [1.165, 1.54) is 0 Å². The minimum Gasteiger partial charge on any atom is -0.353 e. The van der Waals surface area contributed by atoms with E-state index in [1.54, 1.807) is 4.90 Å². The maximum atomic E-state index is 12.2. The summed E-state index contributed by atoms with van der Waals surface area (Å²) in [6, 6.07) is 7.84. The number of nitrogens with zero attached hydrogens (tertiary/aromatic N) is 2. The van der Waals surface area contributed by atoms with Crippen LogP contribution in [-0.4, -0.2) is 50.4 Å². The molecular weight excluding hydrogens is 266 g/mol. The summed E-state index contributed by atoms with van der Waals surface area (Å²) in [6.45, 7) is 1.48. The van der Waals surface area contributed by atoms with Gasteiger partial charge in [-0.05, 0) is 38.6 Å². The summed E-state index contributed by atoms with van der Waals surface area (Å²) in [5, 5.41) is 2.86. The number of anilines is 1. The molecule has 1 aliphatic rings. The van der Waals surface area contributed by atoms with Gasteiger partial charge in [-0.15, -0.1) is 0 Å². The zero-order valence-corrected chi connectivity index (χ0v) is 12.8. The van der Waals surface area contributed by atoms with Crippen molar-refractivity contribution in [2.45, 2.75) is 19.3 Å². The van der Waals surface area contributed by atoms with E-state index in [0.717, 1.165) is 30.6 Å². The number of carbonyl (C=O) groups is 2. The van der Waals surface area contributed by atoms with Crippen LogP contribution in [0.5, 0.6) is 0 Å². The van der Waals surface area contributed by atoms with Crippen molar-refractivity contribution in [1.82, 2.24) is 10.2 Å². The lowest BCUT2D eigenvalue weighted by atomic mass is 10.1. The molecule has 5 nitrogen and oxygen atoms in total. The molecule has 0 aliphatic carbocycles. The Bertz CT molecular complexity index is 514. The molecule has 0 fully saturated rings. The molecule has 0 radical (unpaired) electrons. The summed E-state index contributed by atoms with van der Waals surface area (Å²) < 4.78 is 0. The number of amides is 2. The van der Waals surface area contributed by atoms with Crippen LogP contribution in [0.15, 0.2) is 24.3 Å². The summed E-state index contributed by atoms with van der Waals surface area (Å²) >= 11 is 0. The molecule has 0 unspecified atom stereocenters. The molecule has 1 heterocycles. The normalized spacial score (nSPS) is 14.8. The van der Waals surface area contributed by atoms with E-state index in [4.69, 9.17) is 0 Å². The number of hydrogen-bond acceptors (Lipinski definition) is 3. The van der Waals surface area contributed by atoms with Gasteiger partial charge in [0.2, 0.25) is 11.8 Å². The lowest BCUT2D eigenvalue weighted by molar-refractivity contribution is -0.123. The summed E-state index contributed by atoms with van der Waals surface area (Å²) in [5.74, 6) is -0.0791. The summed E-state index contributed by atoms with van der Waals surface area (Å²) in [6.07, 6.45) is 2.23. The van der Waals surface area contributed by atoms with E-state index in [9.17, 15) is 9.59 Å². The third-order valence-corrected chi connectivity index (χ3v) is 3.60. The Labute approximate surface area is 125 Å². The molecule has 0 bridgehead atoms. The highest BCUT2D eigenvalue weighted by Gasteiger charge is 2.23. The topological polar surface area (TPSA) is 52.7 Å². The number of rotatable bonds is 5. The maximum Gasteiger partial charge on any atom is 0.240 e. The van der Waals surface area contributed by atoms with Gasteiger partial charge in [-0.1, -0.05) is 18.2 Å². The molecule has 0 saturated heterocycles. The fourth-order valence-corrected chi connectivity index (χ4v) is 2.48. The quantitative estimate of drug-likeness (QED) is 0.881. The van der Waals surface area contributed by atoms with Gasteiger partial charge in [0.15, 0.2) is 0 Å². The molecule has 2 rings (SSSR count). The Morgan fingerprint density at radius 3 is 2.81 bits per heavy atom. The van der Waals surface area contributed by atoms with Crippen molar-refractivity contribution in [3.63, 3.8) is 0 Å². The zero-order valence-electron chi connectivity index (χ0n) is 12.8. The first-order chi connectivity index (χ1) is 10.1. The lowest BCUT2D eigenvalue weighted by Crippen LogP contribution is -2.42. The van der Waals surface area contributed by atoms with E-state index in [0.29, 0.717) is 13.0 Å². The largest absolute Gasteiger partial charge is 0.353 e. The highest BCUT2D eigenvalue weighted by atomic mass is 16.2. The number of carbonyl (C=O) groups excluding carboxylic acids is 2. The second-order valence-electron chi connectivity index (χ2n) is 5.62. The van der Waals surface area contributed by atoms with Gasteiger partial charge in [0, 0.05) is 25.2 Å². The molecule has 1 aliphatic heterocycles. The third kappa shape index (κ3) is 4.29. The molecule has 114 valence electrons. The molecule has 1 aromatic rings. The Balaban J connectivity index is 2.03. The van der Waals surface area contributed by atoms with Crippen molar-refractivity contribution < 1.29 is 9.59 Å². The Hall–Kier alpha value is -1.88. The van der Waals surface area contributed by atoms with E-state index in [-0.39, 0.29) is 18.4 Å². The number of hydrogen-bond donors (Lipinski definition) is 1. The van der Waals surface area contributed by atoms with Crippen molar-refractivity contribution >= 4 is 17.5 Å². The first-order valence-corrected chi connectivity index (χ1v) is 7.37. The zero-order chi connectivity index (χ0) is 15.2. The fourth-order valence-electron chi connectivity index (χ4n) is 2.48. The highest BCUT2D eigenvalue weighted by Crippen LogP contribution is 2.26. The molecular formula is C16H23N3O2. The van der Waals surface area contributed by atoms with Crippen LogP contribution in [-0.2, 0) is 16.0 Å². The molecule has 0 spiro atoms.